The van der Waals surface area contributed by atoms with Gasteiger partial charge in [0, 0.05) is 10.9 Å². The Morgan fingerprint density at radius 1 is 1.50 bits per heavy atom. The van der Waals surface area contributed by atoms with Gasteiger partial charge in [0.05, 0.1) is 12.1 Å². The number of hydrogen-bond acceptors (Lipinski definition) is 3. The SMILES string of the molecule is Cc1ccccc1NC1(CO)CCSC1C. The summed E-state index contributed by atoms with van der Waals surface area (Å²) in [7, 11) is 0. The molecule has 2 rings (SSSR count). The fourth-order valence-electron chi connectivity index (χ4n) is 2.17. The van der Waals surface area contributed by atoms with Gasteiger partial charge in [-0.05, 0) is 30.7 Å². The van der Waals surface area contributed by atoms with E-state index in [1.165, 1.54) is 5.56 Å². The summed E-state index contributed by atoms with van der Waals surface area (Å²) in [6.45, 7) is 4.49. The van der Waals surface area contributed by atoms with Crippen molar-refractivity contribution in [2.24, 2.45) is 0 Å². The van der Waals surface area contributed by atoms with Crippen LogP contribution in [0.3, 0.4) is 0 Å². The molecule has 16 heavy (non-hydrogen) atoms. The molecule has 1 fully saturated rings. The molecule has 2 unspecified atom stereocenters. The number of benzene rings is 1. The number of thioether (sulfide) groups is 1. The van der Waals surface area contributed by atoms with Crippen molar-refractivity contribution in [1.29, 1.82) is 0 Å². The van der Waals surface area contributed by atoms with Crippen molar-refractivity contribution in [2.75, 3.05) is 17.7 Å². The summed E-state index contributed by atoms with van der Waals surface area (Å²) >= 11 is 1.93. The standard InChI is InChI=1S/C13H19NOS/c1-10-5-3-4-6-12(10)14-13(9-15)7-8-16-11(13)2/h3-6,11,14-15H,7-9H2,1-2H3. The van der Waals surface area contributed by atoms with Crippen molar-refractivity contribution in [3.8, 4) is 0 Å². The van der Waals surface area contributed by atoms with Crippen LogP contribution in [0.4, 0.5) is 5.69 Å². The second-order valence-electron chi connectivity index (χ2n) is 4.52. The van der Waals surface area contributed by atoms with Gasteiger partial charge >= 0.3 is 0 Å². The van der Waals surface area contributed by atoms with Gasteiger partial charge in [0.1, 0.15) is 0 Å². The maximum Gasteiger partial charge on any atom is 0.0727 e. The molecule has 88 valence electrons. The zero-order valence-corrected chi connectivity index (χ0v) is 10.7. The molecule has 2 nitrogen and oxygen atoms in total. The molecule has 0 aromatic heterocycles. The van der Waals surface area contributed by atoms with Gasteiger partial charge < -0.3 is 10.4 Å². The highest BCUT2D eigenvalue weighted by molar-refractivity contribution is 8.00. The van der Waals surface area contributed by atoms with Crippen LogP contribution in [-0.2, 0) is 0 Å². The van der Waals surface area contributed by atoms with Gasteiger partial charge in [0.15, 0.2) is 0 Å². The fourth-order valence-corrected chi connectivity index (χ4v) is 3.58. The van der Waals surface area contributed by atoms with E-state index in [2.05, 4.69) is 31.3 Å². The largest absolute Gasteiger partial charge is 0.394 e. The van der Waals surface area contributed by atoms with E-state index >= 15 is 0 Å². The lowest BCUT2D eigenvalue weighted by Gasteiger charge is -2.33. The lowest BCUT2D eigenvalue weighted by molar-refractivity contribution is 0.212. The van der Waals surface area contributed by atoms with Gasteiger partial charge in [-0.3, -0.25) is 0 Å². The monoisotopic (exact) mass is 237 g/mol. The molecule has 1 aliphatic heterocycles. The van der Waals surface area contributed by atoms with E-state index in [1.807, 2.05) is 23.9 Å². The normalized spacial score (nSPS) is 29.3. The van der Waals surface area contributed by atoms with Gasteiger partial charge in [-0.2, -0.15) is 11.8 Å². The van der Waals surface area contributed by atoms with Crippen molar-refractivity contribution >= 4 is 17.4 Å². The highest BCUT2D eigenvalue weighted by atomic mass is 32.2. The van der Waals surface area contributed by atoms with E-state index < -0.39 is 0 Å². The third-order valence-electron chi connectivity index (χ3n) is 3.51. The van der Waals surface area contributed by atoms with Crippen LogP contribution in [0.15, 0.2) is 24.3 Å². The van der Waals surface area contributed by atoms with E-state index in [0.29, 0.717) is 5.25 Å². The van der Waals surface area contributed by atoms with Gasteiger partial charge in [-0.1, -0.05) is 25.1 Å². The van der Waals surface area contributed by atoms with Crippen LogP contribution in [0, 0.1) is 6.92 Å². The molecule has 2 N–H and O–H groups in total. The minimum atomic E-state index is -0.142. The molecule has 1 aromatic rings. The van der Waals surface area contributed by atoms with Crippen molar-refractivity contribution < 1.29 is 5.11 Å². The van der Waals surface area contributed by atoms with Gasteiger partial charge in [-0.15, -0.1) is 0 Å². The Morgan fingerprint density at radius 3 is 2.81 bits per heavy atom. The summed E-state index contributed by atoms with van der Waals surface area (Å²) in [5, 5.41) is 13.7. The van der Waals surface area contributed by atoms with E-state index in [-0.39, 0.29) is 12.1 Å². The summed E-state index contributed by atoms with van der Waals surface area (Å²) in [5.41, 5.74) is 2.24. The van der Waals surface area contributed by atoms with E-state index in [1.54, 1.807) is 0 Å². The quantitative estimate of drug-likeness (QED) is 0.847. The molecule has 1 aromatic carbocycles. The highest BCUT2D eigenvalue weighted by Gasteiger charge is 2.40. The Kier molecular flexibility index (Phi) is 3.45. The predicted octanol–water partition coefficient (Wildman–Crippen LogP) is 2.66. The van der Waals surface area contributed by atoms with Crippen LogP contribution in [-0.4, -0.2) is 28.3 Å². The van der Waals surface area contributed by atoms with Crippen LogP contribution in [0.25, 0.3) is 0 Å². The number of aryl methyl sites for hydroxylation is 1. The second-order valence-corrected chi connectivity index (χ2v) is 5.97. The molecule has 0 bridgehead atoms. The maximum atomic E-state index is 9.66. The molecule has 3 heteroatoms. The molecular formula is C13H19NOS. The Bertz CT molecular complexity index is 369. The number of para-hydroxylation sites is 1. The summed E-state index contributed by atoms with van der Waals surface area (Å²) in [6, 6.07) is 8.26. The third kappa shape index (κ3) is 2.06. The van der Waals surface area contributed by atoms with Gasteiger partial charge in [0.2, 0.25) is 0 Å². The first-order valence-corrected chi connectivity index (χ1v) is 6.79. The summed E-state index contributed by atoms with van der Waals surface area (Å²) in [5.74, 6) is 1.13. The summed E-state index contributed by atoms with van der Waals surface area (Å²) < 4.78 is 0. The van der Waals surface area contributed by atoms with E-state index in [9.17, 15) is 5.11 Å². The Labute approximate surface area is 101 Å². The topological polar surface area (TPSA) is 32.3 Å². The number of anilines is 1. The van der Waals surface area contributed by atoms with Crippen molar-refractivity contribution in [3.63, 3.8) is 0 Å². The maximum absolute atomic E-state index is 9.66. The molecule has 0 spiro atoms. The van der Waals surface area contributed by atoms with E-state index in [0.717, 1.165) is 17.9 Å². The Balaban J connectivity index is 2.22. The first-order chi connectivity index (χ1) is 7.68. The van der Waals surface area contributed by atoms with Crippen LogP contribution in [0.1, 0.15) is 18.9 Å². The van der Waals surface area contributed by atoms with Gasteiger partial charge in [0.25, 0.3) is 0 Å². The molecular weight excluding hydrogens is 218 g/mol. The van der Waals surface area contributed by atoms with Crippen LogP contribution >= 0.6 is 11.8 Å². The zero-order chi connectivity index (χ0) is 11.6. The zero-order valence-electron chi connectivity index (χ0n) is 9.86. The van der Waals surface area contributed by atoms with Crippen molar-refractivity contribution in [1.82, 2.24) is 0 Å². The van der Waals surface area contributed by atoms with Crippen molar-refractivity contribution in [2.45, 2.75) is 31.1 Å². The highest BCUT2D eigenvalue weighted by Crippen LogP contribution is 2.38. The lowest BCUT2D eigenvalue weighted by atomic mass is 9.93. The number of aliphatic hydroxyl groups is 1. The minimum absolute atomic E-state index is 0.142. The molecule has 1 heterocycles. The average Bonchev–Trinajstić information content (AvgIpc) is 2.64. The van der Waals surface area contributed by atoms with E-state index in [4.69, 9.17) is 0 Å². The fraction of sp³-hybridized carbons (Fsp3) is 0.538. The molecule has 1 aliphatic rings. The number of nitrogens with one attached hydrogen (secondary N) is 1. The average molecular weight is 237 g/mol. The molecule has 0 aliphatic carbocycles. The summed E-state index contributed by atoms with van der Waals surface area (Å²) in [6.07, 6.45) is 1.03. The summed E-state index contributed by atoms with van der Waals surface area (Å²) in [4.78, 5) is 0. The first-order valence-electron chi connectivity index (χ1n) is 5.74. The first kappa shape index (κ1) is 11.8. The molecule has 2 atom stereocenters. The number of aliphatic hydroxyl groups excluding tert-OH is 1. The smallest absolute Gasteiger partial charge is 0.0727 e. The van der Waals surface area contributed by atoms with Crippen LogP contribution in [0.2, 0.25) is 0 Å². The molecule has 0 amide bonds. The second kappa shape index (κ2) is 4.68. The molecule has 1 saturated heterocycles. The van der Waals surface area contributed by atoms with Gasteiger partial charge in [-0.25, -0.2) is 0 Å². The van der Waals surface area contributed by atoms with Crippen LogP contribution in [0.5, 0.6) is 0 Å². The predicted molar refractivity (Wildman–Crippen MR) is 71.2 cm³/mol. The minimum Gasteiger partial charge on any atom is -0.394 e. The Morgan fingerprint density at radius 2 is 2.25 bits per heavy atom. The Hall–Kier alpha value is -0.670. The number of rotatable bonds is 3. The van der Waals surface area contributed by atoms with Crippen LogP contribution < -0.4 is 5.32 Å². The molecule has 0 saturated carbocycles. The number of hydrogen-bond donors (Lipinski definition) is 2. The third-order valence-corrected chi connectivity index (χ3v) is 4.90. The van der Waals surface area contributed by atoms with Crippen molar-refractivity contribution in [3.05, 3.63) is 29.8 Å². The molecule has 0 radical (unpaired) electrons. The lowest BCUT2D eigenvalue weighted by Crippen LogP contribution is -2.47.